The zero-order chi connectivity index (χ0) is 18.2. The van der Waals surface area contributed by atoms with Crippen molar-refractivity contribution >= 4 is 18.0 Å². The van der Waals surface area contributed by atoms with E-state index in [0.717, 1.165) is 18.4 Å². The highest BCUT2D eigenvalue weighted by molar-refractivity contribution is 5.87. The molecule has 2 aliphatic carbocycles. The number of fused-ring (bicyclic) bond motifs is 2. The fraction of sp³-hybridized carbons (Fsp3) is 0.524. The lowest BCUT2D eigenvalue weighted by molar-refractivity contribution is -0.150. The standard InChI is InChI=1S/C21H26O4/c1-14(22)24-17-8-5-15(6-9-17)7-10-19(23)25-18-13-16-11-12-21(18,4)20(16,2)3/h5-10,16,18H,11-13H2,1-4H3. The number of hydrogen-bond acceptors (Lipinski definition) is 4. The highest BCUT2D eigenvalue weighted by Gasteiger charge is 2.62. The summed E-state index contributed by atoms with van der Waals surface area (Å²) < 4.78 is 10.8. The molecule has 4 nitrogen and oxygen atoms in total. The van der Waals surface area contributed by atoms with E-state index in [9.17, 15) is 9.59 Å². The minimum absolute atomic E-state index is 0.00439. The van der Waals surface area contributed by atoms with Gasteiger partial charge in [-0.2, -0.15) is 0 Å². The van der Waals surface area contributed by atoms with Crippen molar-refractivity contribution in [3.05, 3.63) is 35.9 Å². The molecule has 2 bridgehead atoms. The zero-order valence-corrected chi connectivity index (χ0v) is 15.4. The molecular weight excluding hydrogens is 316 g/mol. The summed E-state index contributed by atoms with van der Waals surface area (Å²) in [4.78, 5) is 23.1. The van der Waals surface area contributed by atoms with Crippen molar-refractivity contribution in [2.45, 2.75) is 53.1 Å². The van der Waals surface area contributed by atoms with Crippen LogP contribution in [0, 0.1) is 16.7 Å². The van der Waals surface area contributed by atoms with Gasteiger partial charge in [-0.1, -0.05) is 32.9 Å². The lowest BCUT2D eigenvalue weighted by Crippen LogP contribution is -2.38. The van der Waals surface area contributed by atoms with Crippen LogP contribution < -0.4 is 4.74 Å². The van der Waals surface area contributed by atoms with Crippen molar-refractivity contribution in [2.75, 3.05) is 0 Å². The Balaban J connectivity index is 1.60. The summed E-state index contributed by atoms with van der Waals surface area (Å²) in [6.45, 7) is 8.23. The van der Waals surface area contributed by atoms with Gasteiger partial charge in [0, 0.05) is 18.4 Å². The average Bonchev–Trinajstić information content (AvgIpc) is 2.87. The average molecular weight is 342 g/mol. The Hall–Kier alpha value is -2.10. The summed E-state index contributed by atoms with van der Waals surface area (Å²) in [6.07, 6.45) is 6.54. The Bertz CT molecular complexity index is 701. The Morgan fingerprint density at radius 1 is 1.16 bits per heavy atom. The summed E-state index contributed by atoms with van der Waals surface area (Å²) in [5, 5.41) is 0. The molecule has 0 aliphatic heterocycles. The van der Waals surface area contributed by atoms with Crippen molar-refractivity contribution in [2.24, 2.45) is 16.7 Å². The molecule has 0 N–H and O–H groups in total. The molecule has 3 unspecified atom stereocenters. The molecule has 3 atom stereocenters. The van der Waals surface area contributed by atoms with E-state index in [1.807, 2.05) is 0 Å². The first-order valence-electron chi connectivity index (χ1n) is 8.89. The van der Waals surface area contributed by atoms with Gasteiger partial charge in [-0.05, 0) is 54.4 Å². The van der Waals surface area contributed by atoms with Gasteiger partial charge >= 0.3 is 11.9 Å². The Labute approximate surface area is 149 Å². The smallest absolute Gasteiger partial charge is 0.331 e. The first kappa shape index (κ1) is 17.7. The molecule has 0 heterocycles. The van der Waals surface area contributed by atoms with Crippen LogP contribution in [0.2, 0.25) is 0 Å². The first-order chi connectivity index (χ1) is 11.7. The highest BCUT2D eigenvalue weighted by atomic mass is 16.5. The molecule has 1 aromatic carbocycles. The fourth-order valence-corrected chi connectivity index (χ4v) is 4.47. The molecule has 0 saturated heterocycles. The van der Waals surface area contributed by atoms with Gasteiger partial charge in [-0.25, -0.2) is 4.79 Å². The number of rotatable bonds is 4. The third-order valence-corrected chi connectivity index (χ3v) is 6.53. The largest absolute Gasteiger partial charge is 0.459 e. The molecule has 3 rings (SSSR count). The second-order valence-corrected chi connectivity index (χ2v) is 8.03. The third-order valence-electron chi connectivity index (χ3n) is 6.53. The van der Waals surface area contributed by atoms with Crippen LogP contribution in [0.1, 0.15) is 52.5 Å². The van der Waals surface area contributed by atoms with Crippen molar-refractivity contribution in [3.8, 4) is 5.75 Å². The van der Waals surface area contributed by atoms with Gasteiger partial charge in [0.2, 0.25) is 0 Å². The van der Waals surface area contributed by atoms with Gasteiger partial charge in [-0.15, -0.1) is 0 Å². The number of benzene rings is 1. The van der Waals surface area contributed by atoms with Crippen molar-refractivity contribution < 1.29 is 19.1 Å². The first-order valence-corrected chi connectivity index (χ1v) is 8.89. The summed E-state index contributed by atoms with van der Waals surface area (Å²) in [5.74, 6) is 0.491. The molecule has 2 aliphatic rings. The molecular formula is C21H26O4. The lowest BCUT2D eigenvalue weighted by Gasteiger charge is -2.38. The zero-order valence-electron chi connectivity index (χ0n) is 15.4. The van der Waals surface area contributed by atoms with E-state index in [2.05, 4.69) is 20.8 Å². The van der Waals surface area contributed by atoms with E-state index >= 15 is 0 Å². The molecule has 2 fully saturated rings. The molecule has 0 radical (unpaired) electrons. The normalized spacial score (nSPS) is 29.8. The van der Waals surface area contributed by atoms with Gasteiger partial charge in [0.25, 0.3) is 0 Å². The SMILES string of the molecule is CC(=O)Oc1ccc(C=CC(=O)OC2CC3CCC2(C)C3(C)C)cc1. The van der Waals surface area contributed by atoms with E-state index in [1.54, 1.807) is 30.3 Å². The Morgan fingerprint density at radius 3 is 2.36 bits per heavy atom. The quantitative estimate of drug-likeness (QED) is 0.463. The summed E-state index contributed by atoms with van der Waals surface area (Å²) in [6, 6.07) is 6.99. The van der Waals surface area contributed by atoms with Crippen LogP contribution in [-0.2, 0) is 14.3 Å². The van der Waals surface area contributed by atoms with Gasteiger partial charge in [0.1, 0.15) is 11.9 Å². The number of esters is 2. The van der Waals surface area contributed by atoms with Crippen LogP contribution >= 0.6 is 0 Å². The maximum atomic E-state index is 12.2. The molecule has 2 saturated carbocycles. The third kappa shape index (κ3) is 3.22. The number of carbonyl (C=O) groups excluding carboxylic acids is 2. The summed E-state index contributed by atoms with van der Waals surface area (Å²) >= 11 is 0. The molecule has 4 heteroatoms. The lowest BCUT2D eigenvalue weighted by atomic mass is 9.70. The van der Waals surface area contributed by atoms with E-state index in [-0.39, 0.29) is 28.9 Å². The van der Waals surface area contributed by atoms with Crippen LogP contribution in [0.25, 0.3) is 6.08 Å². The Morgan fingerprint density at radius 2 is 1.84 bits per heavy atom. The minimum atomic E-state index is -0.353. The fourth-order valence-electron chi connectivity index (χ4n) is 4.47. The maximum absolute atomic E-state index is 12.2. The van der Waals surface area contributed by atoms with Crippen molar-refractivity contribution in [1.29, 1.82) is 0 Å². The second-order valence-electron chi connectivity index (χ2n) is 8.03. The van der Waals surface area contributed by atoms with E-state index in [4.69, 9.17) is 9.47 Å². The van der Waals surface area contributed by atoms with Crippen LogP contribution in [-0.4, -0.2) is 18.0 Å². The molecule has 0 spiro atoms. The number of carbonyl (C=O) groups is 2. The van der Waals surface area contributed by atoms with Gasteiger partial charge < -0.3 is 9.47 Å². The topological polar surface area (TPSA) is 52.6 Å². The summed E-state index contributed by atoms with van der Waals surface area (Å²) in [5.41, 5.74) is 1.16. The highest BCUT2D eigenvalue weighted by Crippen LogP contribution is 2.66. The van der Waals surface area contributed by atoms with Gasteiger partial charge in [-0.3, -0.25) is 4.79 Å². The second kappa shape index (κ2) is 6.32. The number of hydrogen-bond donors (Lipinski definition) is 0. The maximum Gasteiger partial charge on any atom is 0.331 e. The minimum Gasteiger partial charge on any atom is -0.459 e. The molecule has 1 aromatic rings. The molecule has 0 amide bonds. The van der Waals surface area contributed by atoms with Gasteiger partial charge in [0.15, 0.2) is 0 Å². The number of ether oxygens (including phenoxy) is 2. The Kier molecular flexibility index (Phi) is 4.48. The molecule has 25 heavy (non-hydrogen) atoms. The molecule has 134 valence electrons. The molecule has 0 aromatic heterocycles. The van der Waals surface area contributed by atoms with E-state index in [0.29, 0.717) is 11.7 Å². The van der Waals surface area contributed by atoms with Crippen LogP contribution in [0.3, 0.4) is 0 Å². The van der Waals surface area contributed by atoms with E-state index in [1.165, 1.54) is 19.4 Å². The van der Waals surface area contributed by atoms with Crippen molar-refractivity contribution in [3.63, 3.8) is 0 Å². The predicted octanol–water partition coefficient (Wildman–Crippen LogP) is 4.38. The summed E-state index contributed by atoms with van der Waals surface area (Å²) in [7, 11) is 0. The van der Waals surface area contributed by atoms with E-state index < -0.39 is 0 Å². The predicted molar refractivity (Wildman–Crippen MR) is 95.9 cm³/mol. The monoisotopic (exact) mass is 342 g/mol. The van der Waals surface area contributed by atoms with Crippen LogP contribution in [0.5, 0.6) is 5.75 Å². The van der Waals surface area contributed by atoms with Crippen molar-refractivity contribution in [1.82, 2.24) is 0 Å². The van der Waals surface area contributed by atoms with Gasteiger partial charge in [0.05, 0.1) is 0 Å². The van der Waals surface area contributed by atoms with Crippen LogP contribution in [0.4, 0.5) is 0 Å². The van der Waals surface area contributed by atoms with Crippen LogP contribution in [0.15, 0.2) is 30.3 Å².